The Hall–Kier alpha value is -0.950. The third-order valence-corrected chi connectivity index (χ3v) is 3.17. The first-order valence-corrected chi connectivity index (χ1v) is 6.36. The fourth-order valence-electron chi connectivity index (χ4n) is 1.72. The van der Waals surface area contributed by atoms with Gasteiger partial charge < -0.3 is 14.8 Å². The van der Waals surface area contributed by atoms with Gasteiger partial charge in [-0.1, -0.05) is 6.92 Å². The molecule has 0 amide bonds. The smallest absolute Gasteiger partial charge is 0.408 e. The van der Waals surface area contributed by atoms with Gasteiger partial charge >= 0.3 is 6.18 Å². The predicted molar refractivity (Wildman–Crippen MR) is 69.7 cm³/mol. The number of hydrogen-bond acceptors (Lipinski definition) is 3. The summed E-state index contributed by atoms with van der Waals surface area (Å²) in [5.74, 6) is 0.471. The van der Waals surface area contributed by atoms with Crippen molar-refractivity contribution in [2.75, 3.05) is 20.8 Å². The van der Waals surface area contributed by atoms with Crippen molar-refractivity contribution in [3.63, 3.8) is 0 Å². The van der Waals surface area contributed by atoms with Crippen molar-refractivity contribution in [2.45, 2.75) is 19.1 Å². The summed E-state index contributed by atoms with van der Waals surface area (Å²) in [5, 5.41) is 2.41. The Balaban J connectivity index is 3.35. The molecule has 0 aliphatic carbocycles. The van der Waals surface area contributed by atoms with Crippen LogP contribution >= 0.6 is 15.9 Å². The Morgan fingerprint density at radius 1 is 1.21 bits per heavy atom. The molecule has 108 valence electrons. The molecule has 3 nitrogen and oxygen atoms in total. The molecule has 0 saturated heterocycles. The normalized spacial score (nSPS) is 13.2. The molecule has 1 aromatic carbocycles. The lowest BCUT2D eigenvalue weighted by Crippen LogP contribution is -2.34. The Morgan fingerprint density at radius 2 is 1.79 bits per heavy atom. The van der Waals surface area contributed by atoms with E-state index in [1.807, 2.05) is 0 Å². The molecule has 0 bridgehead atoms. The van der Waals surface area contributed by atoms with Crippen LogP contribution in [0.4, 0.5) is 13.2 Å². The van der Waals surface area contributed by atoms with Crippen LogP contribution in [0.2, 0.25) is 0 Å². The van der Waals surface area contributed by atoms with Crippen molar-refractivity contribution >= 4 is 15.9 Å². The fourth-order valence-corrected chi connectivity index (χ4v) is 2.20. The minimum Gasteiger partial charge on any atom is -0.496 e. The molecular formula is C12H15BrF3NO2. The molecule has 1 atom stereocenters. The van der Waals surface area contributed by atoms with Crippen LogP contribution in [-0.2, 0) is 0 Å². The van der Waals surface area contributed by atoms with Crippen LogP contribution in [0.15, 0.2) is 16.6 Å². The highest BCUT2D eigenvalue weighted by Crippen LogP contribution is 2.41. The molecule has 1 rings (SSSR count). The fraction of sp³-hybridized carbons (Fsp3) is 0.500. The summed E-state index contributed by atoms with van der Waals surface area (Å²) in [5.41, 5.74) is -0.00287. The zero-order valence-corrected chi connectivity index (χ0v) is 12.4. The molecule has 0 spiro atoms. The Kier molecular flexibility index (Phi) is 5.49. The quantitative estimate of drug-likeness (QED) is 0.886. The number of alkyl halides is 3. The molecular weight excluding hydrogens is 327 g/mol. The van der Waals surface area contributed by atoms with E-state index in [-0.39, 0.29) is 17.9 Å². The van der Waals surface area contributed by atoms with Gasteiger partial charge in [0.25, 0.3) is 0 Å². The standard InChI is InChI=1S/C12H15BrF3NO2/c1-4-17-11(12(14,15)16)7-5-10(19-3)8(13)6-9(7)18-2/h5-6,11,17H,4H2,1-3H3. The van der Waals surface area contributed by atoms with Gasteiger partial charge in [0, 0.05) is 5.56 Å². The van der Waals surface area contributed by atoms with Crippen molar-refractivity contribution in [3.05, 3.63) is 22.2 Å². The van der Waals surface area contributed by atoms with E-state index in [9.17, 15) is 13.2 Å². The van der Waals surface area contributed by atoms with E-state index >= 15 is 0 Å². The maximum atomic E-state index is 13.1. The SMILES string of the molecule is CCNC(c1cc(OC)c(Br)cc1OC)C(F)(F)F. The predicted octanol–water partition coefficient (Wildman–Crippen LogP) is 3.68. The zero-order valence-electron chi connectivity index (χ0n) is 10.8. The number of ether oxygens (including phenoxy) is 2. The highest BCUT2D eigenvalue weighted by molar-refractivity contribution is 9.10. The summed E-state index contributed by atoms with van der Waals surface area (Å²) in [4.78, 5) is 0. The van der Waals surface area contributed by atoms with E-state index in [1.54, 1.807) is 6.92 Å². The Bertz CT molecular complexity index is 438. The van der Waals surface area contributed by atoms with Crippen LogP contribution in [-0.4, -0.2) is 26.9 Å². The second kappa shape index (κ2) is 6.47. The Labute approximate surface area is 118 Å². The van der Waals surface area contributed by atoms with Crippen LogP contribution in [0.5, 0.6) is 11.5 Å². The van der Waals surface area contributed by atoms with Gasteiger partial charge in [0.15, 0.2) is 0 Å². The number of rotatable bonds is 5. The number of benzene rings is 1. The van der Waals surface area contributed by atoms with Crippen LogP contribution in [0.25, 0.3) is 0 Å². The first-order valence-electron chi connectivity index (χ1n) is 5.56. The van der Waals surface area contributed by atoms with E-state index in [1.165, 1.54) is 26.4 Å². The average molecular weight is 342 g/mol. The highest BCUT2D eigenvalue weighted by atomic mass is 79.9. The van der Waals surface area contributed by atoms with Gasteiger partial charge in [-0.15, -0.1) is 0 Å². The minimum absolute atomic E-state index is 0.00287. The van der Waals surface area contributed by atoms with Gasteiger partial charge in [-0.25, -0.2) is 0 Å². The maximum Gasteiger partial charge on any atom is 0.408 e. The van der Waals surface area contributed by atoms with Gasteiger partial charge in [-0.2, -0.15) is 13.2 Å². The average Bonchev–Trinajstić information content (AvgIpc) is 2.34. The van der Waals surface area contributed by atoms with Crippen molar-refractivity contribution in [1.82, 2.24) is 5.32 Å². The Morgan fingerprint density at radius 3 is 2.21 bits per heavy atom. The molecule has 0 heterocycles. The topological polar surface area (TPSA) is 30.5 Å². The molecule has 0 fully saturated rings. The minimum atomic E-state index is -4.41. The largest absolute Gasteiger partial charge is 0.496 e. The lowest BCUT2D eigenvalue weighted by molar-refractivity contribution is -0.157. The molecule has 1 unspecified atom stereocenters. The molecule has 0 radical (unpaired) electrons. The molecule has 0 aromatic heterocycles. The van der Waals surface area contributed by atoms with Crippen LogP contribution in [0.1, 0.15) is 18.5 Å². The second-order valence-corrected chi connectivity index (χ2v) is 4.62. The number of hydrogen-bond donors (Lipinski definition) is 1. The van der Waals surface area contributed by atoms with Crippen LogP contribution < -0.4 is 14.8 Å². The molecule has 1 aromatic rings. The molecule has 19 heavy (non-hydrogen) atoms. The van der Waals surface area contributed by atoms with Gasteiger partial charge in [0.05, 0.1) is 18.7 Å². The molecule has 7 heteroatoms. The summed E-state index contributed by atoms with van der Waals surface area (Å²) < 4.78 is 49.8. The number of nitrogens with one attached hydrogen (secondary N) is 1. The number of halogens is 4. The molecule has 0 saturated carbocycles. The molecule has 0 aliphatic rings. The summed E-state index contributed by atoms with van der Waals surface area (Å²) in [7, 11) is 2.73. The third-order valence-electron chi connectivity index (χ3n) is 2.55. The molecule has 1 N–H and O–H groups in total. The first kappa shape index (κ1) is 16.1. The van der Waals surface area contributed by atoms with E-state index in [2.05, 4.69) is 21.2 Å². The van der Waals surface area contributed by atoms with Gasteiger partial charge in [0.2, 0.25) is 0 Å². The van der Waals surface area contributed by atoms with Gasteiger partial charge in [-0.3, -0.25) is 0 Å². The van der Waals surface area contributed by atoms with Gasteiger partial charge in [-0.05, 0) is 34.6 Å². The lowest BCUT2D eigenvalue weighted by Gasteiger charge is -2.24. The third kappa shape index (κ3) is 3.76. The van der Waals surface area contributed by atoms with Crippen LogP contribution in [0, 0.1) is 0 Å². The number of methoxy groups -OCH3 is 2. The first-order chi connectivity index (χ1) is 8.85. The summed E-state index contributed by atoms with van der Waals surface area (Å²) in [6.07, 6.45) is -4.41. The van der Waals surface area contributed by atoms with Gasteiger partial charge in [0.1, 0.15) is 17.5 Å². The summed E-state index contributed by atoms with van der Waals surface area (Å²) in [6, 6.07) is 0.989. The van der Waals surface area contributed by atoms with E-state index in [0.29, 0.717) is 10.2 Å². The van der Waals surface area contributed by atoms with Crippen molar-refractivity contribution < 1.29 is 22.6 Å². The second-order valence-electron chi connectivity index (χ2n) is 3.76. The van der Waals surface area contributed by atoms with E-state index < -0.39 is 12.2 Å². The van der Waals surface area contributed by atoms with E-state index in [0.717, 1.165) is 0 Å². The molecule has 0 aliphatic heterocycles. The maximum absolute atomic E-state index is 13.1. The zero-order chi connectivity index (χ0) is 14.6. The summed E-state index contributed by atoms with van der Waals surface area (Å²) >= 11 is 3.21. The van der Waals surface area contributed by atoms with Crippen molar-refractivity contribution in [3.8, 4) is 11.5 Å². The van der Waals surface area contributed by atoms with Crippen molar-refractivity contribution in [1.29, 1.82) is 0 Å². The van der Waals surface area contributed by atoms with Crippen LogP contribution in [0.3, 0.4) is 0 Å². The lowest BCUT2D eigenvalue weighted by atomic mass is 10.0. The monoisotopic (exact) mass is 341 g/mol. The van der Waals surface area contributed by atoms with Crippen molar-refractivity contribution in [2.24, 2.45) is 0 Å². The van der Waals surface area contributed by atoms with E-state index in [4.69, 9.17) is 9.47 Å². The highest BCUT2D eigenvalue weighted by Gasteiger charge is 2.42. The summed E-state index contributed by atoms with van der Waals surface area (Å²) in [6.45, 7) is 1.80.